The van der Waals surface area contributed by atoms with Gasteiger partial charge in [0.1, 0.15) is 0 Å². The maximum absolute atomic E-state index is 11.9. The number of aromatic nitrogens is 2. The summed E-state index contributed by atoms with van der Waals surface area (Å²) < 4.78 is 28.5. The highest BCUT2D eigenvalue weighted by molar-refractivity contribution is 7.92. The van der Waals surface area contributed by atoms with Gasteiger partial charge in [-0.2, -0.15) is 0 Å². The van der Waals surface area contributed by atoms with Crippen LogP contribution in [0.15, 0.2) is 66.9 Å². The highest BCUT2D eigenvalue weighted by Gasteiger charge is 2.43. The highest BCUT2D eigenvalue weighted by atomic mass is 35.5. The molecule has 0 spiro atoms. The first kappa shape index (κ1) is 27.2. The van der Waals surface area contributed by atoms with Gasteiger partial charge in [0.2, 0.25) is 10.0 Å². The predicted molar refractivity (Wildman–Crippen MR) is 163 cm³/mol. The van der Waals surface area contributed by atoms with Crippen molar-refractivity contribution in [2.75, 3.05) is 15.9 Å². The Bertz CT molecular complexity index is 1690. The smallest absolute Gasteiger partial charge is 0.229 e. The summed E-state index contributed by atoms with van der Waals surface area (Å²) in [6.07, 6.45) is 2.93. The van der Waals surface area contributed by atoms with Gasteiger partial charge >= 0.3 is 0 Å². The minimum Gasteiger partial charge on any atom is -0.351 e. The quantitative estimate of drug-likeness (QED) is 0.261. The normalized spacial score (nSPS) is 17.4. The largest absolute Gasteiger partial charge is 0.351 e. The number of pyridine rings is 1. The Morgan fingerprint density at radius 3 is 2.38 bits per heavy atom. The molecule has 10 heteroatoms. The number of rotatable bonds is 6. The summed E-state index contributed by atoms with van der Waals surface area (Å²) in [6.45, 7) is 8.25. The van der Waals surface area contributed by atoms with Crippen molar-refractivity contribution in [3.8, 4) is 5.69 Å². The maximum Gasteiger partial charge on any atom is 0.229 e. The lowest BCUT2D eigenvalue weighted by Crippen LogP contribution is -2.30. The van der Waals surface area contributed by atoms with E-state index < -0.39 is 10.0 Å². The van der Waals surface area contributed by atoms with Crippen LogP contribution in [0, 0.1) is 27.7 Å². The molecule has 0 amide bonds. The topological polar surface area (TPSA) is 79.3 Å². The first-order valence-electron chi connectivity index (χ1n) is 12.5. The average molecular weight is 580 g/mol. The van der Waals surface area contributed by atoms with Gasteiger partial charge in [-0.15, -0.1) is 0 Å². The van der Waals surface area contributed by atoms with E-state index in [4.69, 9.17) is 23.8 Å². The van der Waals surface area contributed by atoms with Crippen molar-refractivity contribution in [2.24, 2.45) is 0 Å². The molecule has 1 aliphatic rings. The van der Waals surface area contributed by atoms with Crippen LogP contribution in [-0.4, -0.2) is 29.3 Å². The molecular weight excluding hydrogens is 550 g/mol. The van der Waals surface area contributed by atoms with E-state index in [9.17, 15) is 8.42 Å². The molecule has 1 aliphatic heterocycles. The van der Waals surface area contributed by atoms with Gasteiger partial charge in [0.05, 0.1) is 29.7 Å². The Morgan fingerprint density at radius 1 is 0.974 bits per heavy atom. The fourth-order valence-electron chi connectivity index (χ4n) is 5.48. The molecule has 1 fully saturated rings. The van der Waals surface area contributed by atoms with E-state index in [1.807, 2.05) is 55.5 Å². The van der Waals surface area contributed by atoms with Gasteiger partial charge in [-0.1, -0.05) is 23.7 Å². The van der Waals surface area contributed by atoms with Gasteiger partial charge in [-0.05, 0) is 99.6 Å². The maximum atomic E-state index is 11.9. The van der Waals surface area contributed by atoms with Gasteiger partial charge in [-0.3, -0.25) is 9.71 Å². The van der Waals surface area contributed by atoms with Crippen LogP contribution >= 0.6 is 23.8 Å². The molecule has 202 valence electrons. The van der Waals surface area contributed by atoms with Crippen molar-refractivity contribution in [3.63, 3.8) is 0 Å². The van der Waals surface area contributed by atoms with Crippen molar-refractivity contribution in [1.82, 2.24) is 14.9 Å². The standard InChI is InChI=1S/C29H30ClN5O2S2/c1-17-15-23(12-13-24(17)33-39(5,36)37)35-28(27(32-29(35)38)25-11-6-7-14-31-25)26-18(2)19(3)34(20(26)4)22-10-8-9-21(30)16-22/h6-16,27-28,33H,1-5H3,(H,32,38). The summed E-state index contributed by atoms with van der Waals surface area (Å²) in [4.78, 5) is 6.79. The van der Waals surface area contributed by atoms with Crippen molar-refractivity contribution >= 4 is 50.3 Å². The van der Waals surface area contributed by atoms with Gasteiger partial charge < -0.3 is 14.8 Å². The molecule has 3 heterocycles. The molecule has 0 saturated carbocycles. The molecule has 1 saturated heterocycles. The Labute approximate surface area is 239 Å². The predicted octanol–water partition coefficient (Wildman–Crippen LogP) is 6.31. The number of anilines is 2. The number of halogens is 1. The van der Waals surface area contributed by atoms with Crippen LogP contribution in [0.3, 0.4) is 0 Å². The van der Waals surface area contributed by atoms with Crippen LogP contribution in [0.2, 0.25) is 5.02 Å². The number of benzene rings is 2. The number of nitrogens with zero attached hydrogens (tertiary/aromatic N) is 3. The van der Waals surface area contributed by atoms with Crippen LogP contribution in [0.5, 0.6) is 0 Å². The fraction of sp³-hybridized carbons (Fsp3) is 0.241. The second kappa shape index (κ2) is 10.3. The zero-order valence-electron chi connectivity index (χ0n) is 22.4. The second-order valence-electron chi connectivity index (χ2n) is 9.89. The summed E-state index contributed by atoms with van der Waals surface area (Å²) in [5, 5.41) is 4.77. The van der Waals surface area contributed by atoms with E-state index in [0.717, 1.165) is 51.4 Å². The van der Waals surface area contributed by atoms with Crippen molar-refractivity contribution in [3.05, 3.63) is 106 Å². The molecule has 0 radical (unpaired) electrons. The Kier molecular flexibility index (Phi) is 7.17. The first-order valence-corrected chi connectivity index (χ1v) is 15.2. The van der Waals surface area contributed by atoms with E-state index in [0.29, 0.717) is 15.8 Å². The average Bonchev–Trinajstić information content (AvgIpc) is 3.32. The third-order valence-corrected chi connectivity index (χ3v) is 8.39. The molecule has 7 nitrogen and oxygen atoms in total. The van der Waals surface area contributed by atoms with Gasteiger partial charge in [0.25, 0.3) is 0 Å². The molecule has 2 N–H and O–H groups in total. The molecule has 0 bridgehead atoms. The summed E-state index contributed by atoms with van der Waals surface area (Å²) in [6, 6.07) is 18.9. The van der Waals surface area contributed by atoms with Crippen LogP contribution in [0.1, 0.15) is 45.9 Å². The number of aryl methyl sites for hydroxylation is 1. The molecular formula is C29H30ClN5O2S2. The molecule has 2 unspecified atom stereocenters. The summed E-state index contributed by atoms with van der Waals surface area (Å²) in [7, 11) is -3.41. The Hall–Kier alpha value is -3.40. The van der Waals surface area contributed by atoms with Gasteiger partial charge in [0, 0.05) is 39.5 Å². The van der Waals surface area contributed by atoms with Crippen LogP contribution in [0.4, 0.5) is 11.4 Å². The van der Waals surface area contributed by atoms with Crippen molar-refractivity contribution < 1.29 is 8.42 Å². The summed E-state index contributed by atoms with van der Waals surface area (Å²) >= 11 is 12.3. The zero-order chi connectivity index (χ0) is 28.1. The summed E-state index contributed by atoms with van der Waals surface area (Å²) in [5.74, 6) is 0. The van der Waals surface area contributed by atoms with Crippen molar-refractivity contribution in [2.45, 2.75) is 39.8 Å². The van der Waals surface area contributed by atoms with E-state index in [-0.39, 0.29) is 12.1 Å². The first-order chi connectivity index (χ1) is 18.5. The third-order valence-electron chi connectivity index (χ3n) is 7.25. The Balaban J connectivity index is 1.69. The molecule has 5 rings (SSSR count). The molecule has 2 atom stereocenters. The second-order valence-corrected chi connectivity index (χ2v) is 12.5. The molecule has 2 aromatic heterocycles. The van der Waals surface area contributed by atoms with Gasteiger partial charge in [0.15, 0.2) is 5.11 Å². The van der Waals surface area contributed by atoms with Crippen LogP contribution < -0.4 is 14.9 Å². The molecule has 4 aromatic rings. The number of thiocarbonyl (C=S) groups is 1. The minimum atomic E-state index is -3.41. The highest BCUT2D eigenvalue weighted by Crippen LogP contribution is 2.46. The minimum absolute atomic E-state index is 0.208. The van der Waals surface area contributed by atoms with Gasteiger partial charge in [-0.25, -0.2) is 8.42 Å². The number of sulfonamides is 1. The SMILES string of the molecule is Cc1cc(N2C(=S)NC(c3ccccn3)C2c2c(C)c(C)n(-c3cccc(Cl)c3)c2C)ccc1NS(C)(=O)=O. The van der Waals surface area contributed by atoms with Crippen molar-refractivity contribution in [1.29, 1.82) is 0 Å². The number of hydrogen-bond acceptors (Lipinski definition) is 4. The lowest BCUT2D eigenvalue weighted by Gasteiger charge is -2.29. The monoisotopic (exact) mass is 579 g/mol. The fourth-order valence-corrected chi connectivity index (χ4v) is 6.64. The van der Waals surface area contributed by atoms with Crippen LogP contribution in [0.25, 0.3) is 5.69 Å². The summed E-state index contributed by atoms with van der Waals surface area (Å²) in [5.41, 5.74) is 8.56. The van der Waals surface area contributed by atoms with Crippen LogP contribution in [-0.2, 0) is 10.0 Å². The Morgan fingerprint density at radius 2 is 1.74 bits per heavy atom. The molecule has 39 heavy (non-hydrogen) atoms. The van der Waals surface area contributed by atoms with E-state index in [1.165, 1.54) is 0 Å². The van der Waals surface area contributed by atoms with E-state index in [2.05, 4.69) is 51.3 Å². The van der Waals surface area contributed by atoms with E-state index in [1.54, 1.807) is 12.3 Å². The third kappa shape index (κ3) is 5.14. The van der Waals surface area contributed by atoms with E-state index >= 15 is 0 Å². The lowest BCUT2D eigenvalue weighted by atomic mass is 9.93. The zero-order valence-corrected chi connectivity index (χ0v) is 24.7. The molecule has 0 aliphatic carbocycles. The number of hydrogen-bond donors (Lipinski definition) is 2. The molecule has 2 aromatic carbocycles. The number of nitrogens with one attached hydrogen (secondary N) is 2. The lowest BCUT2D eigenvalue weighted by molar-refractivity contribution is 0.563.